The summed E-state index contributed by atoms with van der Waals surface area (Å²) >= 11 is 0. The first-order valence-electron chi connectivity index (χ1n) is 9.70. The Bertz CT molecular complexity index is 849. The van der Waals surface area contributed by atoms with Crippen molar-refractivity contribution in [1.82, 2.24) is 0 Å². The van der Waals surface area contributed by atoms with E-state index in [0.29, 0.717) is 0 Å². The van der Waals surface area contributed by atoms with Crippen molar-refractivity contribution >= 4 is 17.9 Å². The molecule has 6 atom stereocenters. The van der Waals surface area contributed by atoms with Crippen LogP contribution < -0.4 is 0 Å². The first-order valence-corrected chi connectivity index (χ1v) is 9.70. The quantitative estimate of drug-likeness (QED) is 0.294. The van der Waals surface area contributed by atoms with Crippen LogP contribution in [0.15, 0.2) is 48.1 Å². The van der Waals surface area contributed by atoms with Crippen LogP contribution in [0.25, 0.3) is 0 Å². The second-order valence-corrected chi connectivity index (χ2v) is 8.06. The molecule has 0 unspecified atom stereocenters. The summed E-state index contributed by atoms with van der Waals surface area (Å²) in [5.74, 6) is -3.35. The van der Waals surface area contributed by atoms with Crippen molar-refractivity contribution in [3.05, 3.63) is 48.1 Å². The van der Waals surface area contributed by atoms with E-state index in [-0.39, 0.29) is 30.1 Å². The molecule has 3 aliphatic rings. The lowest BCUT2D eigenvalue weighted by molar-refractivity contribution is -0.151. The summed E-state index contributed by atoms with van der Waals surface area (Å²) in [6.07, 6.45) is 3.39. The zero-order valence-electron chi connectivity index (χ0n) is 17.0. The minimum atomic E-state index is -1.22. The number of allylic oxidation sites excluding steroid dienone is 1. The number of carbonyl (C=O) groups is 3. The van der Waals surface area contributed by atoms with Gasteiger partial charge in [0, 0.05) is 30.8 Å². The molecule has 30 heavy (non-hydrogen) atoms. The van der Waals surface area contributed by atoms with Crippen LogP contribution in [0.2, 0.25) is 0 Å². The largest absolute Gasteiger partial charge is 0.461 e. The van der Waals surface area contributed by atoms with E-state index in [9.17, 15) is 24.6 Å². The predicted molar refractivity (Wildman–Crippen MR) is 105 cm³/mol. The SMILES string of the molecule is C=C1C(=O)O[C@H]2[C@H]1[C@H](OC(=O)/C(=C/CO)COC(C)=O)CC(=C)[C@@H]1C=C[C@](C)(O)[C@H]21. The number of aliphatic hydroxyl groups excluding tert-OH is 1. The Morgan fingerprint density at radius 2 is 2.10 bits per heavy atom. The van der Waals surface area contributed by atoms with Crippen LogP contribution >= 0.6 is 0 Å². The molecule has 0 bridgehead atoms. The van der Waals surface area contributed by atoms with Gasteiger partial charge >= 0.3 is 17.9 Å². The molecule has 0 aromatic rings. The number of carbonyl (C=O) groups excluding carboxylic acids is 3. The van der Waals surface area contributed by atoms with Gasteiger partial charge in [-0.05, 0) is 13.0 Å². The molecule has 0 amide bonds. The molecule has 0 spiro atoms. The molecule has 0 aromatic carbocycles. The number of esters is 3. The van der Waals surface area contributed by atoms with Crippen LogP contribution in [0, 0.1) is 17.8 Å². The Hall–Kier alpha value is -2.71. The lowest BCUT2D eigenvalue weighted by Gasteiger charge is -2.34. The van der Waals surface area contributed by atoms with Crippen LogP contribution in [0.3, 0.4) is 0 Å². The maximum absolute atomic E-state index is 12.7. The van der Waals surface area contributed by atoms with Gasteiger partial charge in [0.25, 0.3) is 0 Å². The van der Waals surface area contributed by atoms with Crippen LogP contribution in [-0.2, 0) is 28.6 Å². The highest BCUT2D eigenvalue weighted by Crippen LogP contribution is 2.51. The molecule has 1 aliphatic heterocycles. The highest BCUT2D eigenvalue weighted by atomic mass is 16.6. The second kappa shape index (κ2) is 8.20. The fraction of sp³-hybridized carbons (Fsp3) is 0.500. The van der Waals surface area contributed by atoms with Gasteiger partial charge in [0.2, 0.25) is 0 Å². The molecule has 1 saturated carbocycles. The Morgan fingerprint density at radius 3 is 2.73 bits per heavy atom. The number of ether oxygens (including phenoxy) is 3. The normalized spacial score (nSPS) is 35.4. The Morgan fingerprint density at radius 1 is 1.40 bits per heavy atom. The van der Waals surface area contributed by atoms with E-state index in [1.807, 2.05) is 6.08 Å². The molecule has 1 saturated heterocycles. The first-order chi connectivity index (χ1) is 14.1. The van der Waals surface area contributed by atoms with Crippen LogP contribution in [0.1, 0.15) is 20.3 Å². The average Bonchev–Trinajstić information content (AvgIpc) is 3.08. The lowest BCUT2D eigenvalue weighted by atomic mass is 9.76. The van der Waals surface area contributed by atoms with Crippen molar-refractivity contribution in [3.8, 4) is 0 Å². The summed E-state index contributed by atoms with van der Waals surface area (Å²) in [4.78, 5) is 36.1. The maximum Gasteiger partial charge on any atom is 0.337 e. The molecule has 2 aliphatic carbocycles. The van der Waals surface area contributed by atoms with Gasteiger partial charge in [0.05, 0.1) is 23.7 Å². The van der Waals surface area contributed by atoms with Crippen molar-refractivity contribution in [1.29, 1.82) is 0 Å². The minimum absolute atomic E-state index is 0.0259. The number of hydrogen-bond acceptors (Lipinski definition) is 8. The van der Waals surface area contributed by atoms with Gasteiger partial charge in [-0.15, -0.1) is 0 Å². The Balaban J connectivity index is 1.90. The lowest BCUT2D eigenvalue weighted by Crippen LogP contribution is -2.44. The van der Waals surface area contributed by atoms with E-state index in [2.05, 4.69) is 13.2 Å². The number of fused-ring (bicyclic) bond motifs is 3. The fourth-order valence-electron chi connectivity index (χ4n) is 4.50. The summed E-state index contributed by atoms with van der Waals surface area (Å²) in [6, 6.07) is 0. The van der Waals surface area contributed by atoms with Crippen LogP contribution in [0.5, 0.6) is 0 Å². The van der Waals surface area contributed by atoms with Crippen molar-refractivity contribution in [2.75, 3.05) is 13.2 Å². The summed E-state index contributed by atoms with van der Waals surface area (Å²) in [5.41, 5.74) is -0.348. The summed E-state index contributed by atoms with van der Waals surface area (Å²) < 4.78 is 16.1. The predicted octanol–water partition coefficient (Wildman–Crippen LogP) is 0.991. The van der Waals surface area contributed by atoms with Gasteiger partial charge in [-0.2, -0.15) is 0 Å². The molecule has 8 heteroatoms. The fourth-order valence-corrected chi connectivity index (χ4v) is 4.50. The smallest absolute Gasteiger partial charge is 0.337 e. The minimum Gasteiger partial charge on any atom is -0.461 e. The zero-order valence-corrected chi connectivity index (χ0v) is 17.0. The van der Waals surface area contributed by atoms with Crippen LogP contribution in [0.4, 0.5) is 0 Å². The monoisotopic (exact) mass is 418 g/mol. The molecular formula is C22H26O8. The number of rotatable bonds is 5. The zero-order chi connectivity index (χ0) is 22.2. The highest BCUT2D eigenvalue weighted by Gasteiger charge is 2.58. The molecule has 0 aromatic heterocycles. The molecule has 162 valence electrons. The van der Waals surface area contributed by atoms with Crippen molar-refractivity contribution < 1.29 is 38.8 Å². The van der Waals surface area contributed by atoms with E-state index in [1.165, 1.54) is 13.0 Å². The van der Waals surface area contributed by atoms with Gasteiger partial charge in [0.15, 0.2) is 0 Å². The van der Waals surface area contributed by atoms with E-state index in [4.69, 9.17) is 14.2 Å². The van der Waals surface area contributed by atoms with E-state index >= 15 is 0 Å². The third kappa shape index (κ3) is 3.97. The van der Waals surface area contributed by atoms with Gasteiger partial charge in [-0.3, -0.25) is 4.79 Å². The van der Waals surface area contributed by atoms with Crippen molar-refractivity contribution in [3.63, 3.8) is 0 Å². The average molecular weight is 418 g/mol. The summed E-state index contributed by atoms with van der Waals surface area (Å²) in [6.45, 7) is 9.97. The Labute approximate surface area is 174 Å². The van der Waals surface area contributed by atoms with E-state index in [1.54, 1.807) is 13.0 Å². The summed E-state index contributed by atoms with van der Waals surface area (Å²) in [7, 11) is 0. The standard InChI is InChI=1S/C22H26O8/c1-11-9-16(29-21(26)14(6-8-23)10-28-13(3)24)17-12(2)20(25)30-19(17)18-15(11)5-7-22(18,4)27/h5-7,15-19,23,27H,1-2,8-10H2,3-4H3/b14-6+/t15-,16+,17+,18-,19-,22-/m0/s1. The van der Waals surface area contributed by atoms with Gasteiger partial charge < -0.3 is 24.4 Å². The summed E-state index contributed by atoms with van der Waals surface area (Å²) in [5, 5.41) is 20.0. The molecule has 0 radical (unpaired) electrons. The molecule has 3 rings (SSSR count). The third-order valence-corrected chi connectivity index (χ3v) is 5.94. The topological polar surface area (TPSA) is 119 Å². The van der Waals surface area contributed by atoms with E-state index < -0.39 is 54.2 Å². The maximum atomic E-state index is 12.7. The molecule has 2 N–H and O–H groups in total. The van der Waals surface area contributed by atoms with E-state index in [0.717, 1.165) is 5.57 Å². The molecular weight excluding hydrogens is 392 g/mol. The number of hydrogen-bond donors (Lipinski definition) is 2. The van der Waals surface area contributed by atoms with Gasteiger partial charge in [-0.1, -0.05) is 30.9 Å². The first kappa shape index (κ1) is 22.0. The number of aliphatic hydroxyl groups is 2. The van der Waals surface area contributed by atoms with Crippen LogP contribution in [-0.4, -0.2) is 59.1 Å². The molecule has 2 fully saturated rings. The second-order valence-electron chi connectivity index (χ2n) is 8.06. The van der Waals surface area contributed by atoms with Crippen molar-refractivity contribution in [2.24, 2.45) is 17.8 Å². The third-order valence-electron chi connectivity index (χ3n) is 5.94. The molecule has 8 nitrogen and oxygen atoms in total. The van der Waals surface area contributed by atoms with Gasteiger partial charge in [0.1, 0.15) is 18.8 Å². The van der Waals surface area contributed by atoms with Crippen molar-refractivity contribution in [2.45, 2.75) is 38.1 Å². The molecule has 1 heterocycles. The highest BCUT2D eigenvalue weighted by molar-refractivity contribution is 5.92. The van der Waals surface area contributed by atoms with Gasteiger partial charge in [-0.25, -0.2) is 9.59 Å². The Kier molecular flexibility index (Phi) is 6.01.